The van der Waals surface area contributed by atoms with Crippen LogP contribution in [-0.2, 0) is 0 Å². The van der Waals surface area contributed by atoms with Crippen molar-refractivity contribution in [3.8, 4) is 5.75 Å². The molecule has 0 heterocycles. The predicted molar refractivity (Wildman–Crippen MR) is 55.2 cm³/mol. The van der Waals surface area contributed by atoms with E-state index in [1.54, 1.807) is 12.1 Å². The second kappa shape index (κ2) is 6.23. The number of hydrogen-bond donors (Lipinski definition) is 2. The lowest BCUT2D eigenvalue weighted by molar-refractivity contribution is 0.0696. The minimum Gasteiger partial charge on any atom is -0.492 e. The highest BCUT2D eigenvalue weighted by molar-refractivity contribution is 5.88. The Hall–Kier alpha value is -1.26. The fourth-order valence-electron chi connectivity index (χ4n) is 0.896. The molecule has 0 aliphatic carbocycles. The molecule has 0 aromatic heterocycles. The zero-order valence-corrected chi connectivity index (χ0v) is 8.29. The number of nitrogens with two attached hydrogens (primary N) is 1. The van der Waals surface area contributed by atoms with Gasteiger partial charge >= 0.3 is 5.97 Å². The highest BCUT2D eigenvalue weighted by Gasteiger charge is 2.02. The van der Waals surface area contributed by atoms with Gasteiger partial charge in [-0.3, -0.25) is 0 Å². The number of carbonyl (C=O) groups is 1. The second-order valence-electron chi connectivity index (χ2n) is 2.47. The Balaban J connectivity index is 0.00000169. The summed E-state index contributed by atoms with van der Waals surface area (Å²) in [5.41, 5.74) is 5.45. The third kappa shape index (κ3) is 3.64. The van der Waals surface area contributed by atoms with E-state index in [9.17, 15) is 4.79 Å². The summed E-state index contributed by atoms with van der Waals surface area (Å²) in [6.07, 6.45) is 0. The molecule has 0 saturated heterocycles. The van der Waals surface area contributed by atoms with Gasteiger partial charge in [0, 0.05) is 6.54 Å². The molecule has 4 nitrogen and oxygen atoms in total. The van der Waals surface area contributed by atoms with E-state index < -0.39 is 5.97 Å². The summed E-state index contributed by atoms with van der Waals surface area (Å²) >= 11 is 0. The monoisotopic (exact) mass is 217 g/mol. The summed E-state index contributed by atoms with van der Waals surface area (Å²) in [5.74, 6) is -0.427. The maximum absolute atomic E-state index is 10.5. The van der Waals surface area contributed by atoms with Crippen molar-refractivity contribution in [3.63, 3.8) is 0 Å². The third-order valence-electron chi connectivity index (χ3n) is 1.47. The molecule has 0 spiro atoms. The van der Waals surface area contributed by atoms with Crippen molar-refractivity contribution < 1.29 is 14.6 Å². The van der Waals surface area contributed by atoms with Crippen LogP contribution in [0, 0.1) is 0 Å². The van der Waals surface area contributed by atoms with E-state index in [1.165, 1.54) is 12.1 Å². The molecule has 0 aliphatic rings. The molecule has 0 unspecified atom stereocenters. The molecule has 3 N–H and O–H groups in total. The first kappa shape index (κ1) is 12.7. The largest absolute Gasteiger partial charge is 0.492 e. The van der Waals surface area contributed by atoms with Gasteiger partial charge in [0.1, 0.15) is 12.4 Å². The molecule has 0 bridgehead atoms. The summed E-state index contributed by atoms with van der Waals surface area (Å²) in [6.45, 7) is 0.806. The minimum atomic E-state index is -0.960. The van der Waals surface area contributed by atoms with Crippen LogP contribution in [-0.4, -0.2) is 24.2 Å². The van der Waals surface area contributed by atoms with Crippen molar-refractivity contribution in [2.75, 3.05) is 13.2 Å². The van der Waals surface area contributed by atoms with Gasteiger partial charge in [0.05, 0.1) is 5.56 Å². The second-order valence-corrected chi connectivity index (χ2v) is 2.47. The topological polar surface area (TPSA) is 72.5 Å². The van der Waals surface area contributed by atoms with Crippen molar-refractivity contribution >= 4 is 18.4 Å². The summed E-state index contributed by atoms with van der Waals surface area (Å²) in [5, 5.41) is 8.65. The molecule has 1 aromatic carbocycles. The summed E-state index contributed by atoms with van der Waals surface area (Å²) in [6, 6.07) is 6.31. The van der Waals surface area contributed by atoms with Gasteiger partial charge in [-0.05, 0) is 18.2 Å². The van der Waals surface area contributed by atoms with Crippen LogP contribution >= 0.6 is 12.4 Å². The highest BCUT2D eigenvalue weighted by Crippen LogP contribution is 2.12. The Bertz CT molecular complexity index is 304. The number of halogens is 1. The summed E-state index contributed by atoms with van der Waals surface area (Å²) < 4.78 is 5.16. The van der Waals surface area contributed by atoms with Crippen molar-refractivity contribution in [3.05, 3.63) is 29.8 Å². The number of carboxylic acids is 1. The van der Waals surface area contributed by atoms with E-state index in [0.29, 0.717) is 18.9 Å². The first-order chi connectivity index (χ1) is 6.24. The van der Waals surface area contributed by atoms with E-state index in [-0.39, 0.29) is 18.0 Å². The highest BCUT2D eigenvalue weighted by atomic mass is 35.5. The Morgan fingerprint density at radius 2 is 2.21 bits per heavy atom. The van der Waals surface area contributed by atoms with E-state index in [1.807, 2.05) is 0 Å². The Labute approximate surface area is 88.1 Å². The van der Waals surface area contributed by atoms with Crippen LogP contribution in [0.4, 0.5) is 0 Å². The molecule has 0 radical (unpaired) electrons. The molecular formula is C9H12ClNO3. The lowest BCUT2D eigenvalue weighted by Gasteiger charge is -2.04. The van der Waals surface area contributed by atoms with Crippen LogP contribution < -0.4 is 10.5 Å². The summed E-state index contributed by atoms with van der Waals surface area (Å²) in [7, 11) is 0. The first-order valence-corrected chi connectivity index (χ1v) is 3.90. The van der Waals surface area contributed by atoms with Gasteiger partial charge < -0.3 is 15.6 Å². The van der Waals surface area contributed by atoms with Crippen LogP contribution in [0.2, 0.25) is 0 Å². The smallest absolute Gasteiger partial charge is 0.335 e. The zero-order valence-electron chi connectivity index (χ0n) is 7.47. The van der Waals surface area contributed by atoms with Crippen LogP contribution in [0.1, 0.15) is 10.4 Å². The maximum atomic E-state index is 10.5. The van der Waals surface area contributed by atoms with Crippen molar-refractivity contribution in [2.45, 2.75) is 0 Å². The quantitative estimate of drug-likeness (QED) is 0.794. The van der Waals surface area contributed by atoms with Crippen LogP contribution in [0.15, 0.2) is 24.3 Å². The van der Waals surface area contributed by atoms with E-state index in [2.05, 4.69) is 0 Å². The third-order valence-corrected chi connectivity index (χ3v) is 1.47. The lowest BCUT2D eigenvalue weighted by Crippen LogP contribution is -2.10. The molecule has 0 atom stereocenters. The molecule has 0 fully saturated rings. The average molecular weight is 218 g/mol. The molecular weight excluding hydrogens is 206 g/mol. The number of benzene rings is 1. The molecule has 1 rings (SSSR count). The number of carboxylic acid groups (broad SMARTS) is 1. The Morgan fingerprint density at radius 1 is 1.50 bits per heavy atom. The number of ether oxygens (including phenoxy) is 1. The van der Waals surface area contributed by atoms with Gasteiger partial charge in [0.2, 0.25) is 0 Å². The number of hydrogen-bond acceptors (Lipinski definition) is 3. The molecule has 0 saturated carbocycles. The van der Waals surface area contributed by atoms with E-state index in [0.717, 1.165) is 0 Å². The fraction of sp³-hybridized carbons (Fsp3) is 0.222. The molecule has 0 aliphatic heterocycles. The van der Waals surface area contributed by atoms with Crippen molar-refractivity contribution in [2.24, 2.45) is 5.73 Å². The van der Waals surface area contributed by atoms with Gasteiger partial charge in [0.15, 0.2) is 0 Å². The maximum Gasteiger partial charge on any atom is 0.335 e. The van der Waals surface area contributed by atoms with Crippen LogP contribution in [0.25, 0.3) is 0 Å². The predicted octanol–water partition coefficient (Wildman–Crippen LogP) is 1.14. The fourth-order valence-corrected chi connectivity index (χ4v) is 0.896. The average Bonchev–Trinajstić information content (AvgIpc) is 2.15. The van der Waals surface area contributed by atoms with Crippen LogP contribution in [0.3, 0.4) is 0 Å². The molecule has 78 valence electrons. The zero-order chi connectivity index (χ0) is 9.68. The van der Waals surface area contributed by atoms with Gasteiger partial charge in [-0.1, -0.05) is 6.07 Å². The number of aromatic carboxylic acids is 1. The van der Waals surface area contributed by atoms with Gasteiger partial charge in [-0.25, -0.2) is 4.79 Å². The first-order valence-electron chi connectivity index (χ1n) is 3.90. The summed E-state index contributed by atoms with van der Waals surface area (Å²) in [4.78, 5) is 10.5. The molecule has 5 heteroatoms. The molecule has 14 heavy (non-hydrogen) atoms. The van der Waals surface area contributed by atoms with Crippen molar-refractivity contribution in [1.82, 2.24) is 0 Å². The van der Waals surface area contributed by atoms with E-state index >= 15 is 0 Å². The SMILES string of the molecule is Cl.NCCOc1cccc(C(=O)O)c1. The van der Waals surface area contributed by atoms with Gasteiger partial charge in [0.25, 0.3) is 0 Å². The molecule has 0 amide bonds. The number of rotatable bonds is 4. The Morgan fingerprint density at radius 3 is 2.79 bits per heavy atom. The normalized spacial score (nSPS) is 8.93. The minimum absolute atomic E-state index is 0. The lowest BCUT2D eigenvalue weighted by atomic mass is 10.2. The van der Waals surface area contributed by atoms with E-state index in [4.69, 9.17) is 15.6 Å². The van der Waals surface area contributed by atoms with Crippen LogP contribution in [0.5, 0.6) is 5.75 Å². The molecule has 1 aromatic rings. The standard InChI is InChI=1S/C9H11NO3.ClH/c10-4-5-13-8-3-1-2-7(6-8)9(11)12;/h1-3,6H,4-5,10H2,(H,11,12);1H. The van der Waals surface area contributed by atoms with Crippen molar-refractivity contribution in [1.29, 1.82) is 0 Å². The Kier molecular flexibility index (Phi) is 5.67. The van der Waals surface area contributed by atoms with Gasteiger partial charge in [-0.2, -0.15) is 0 Å². The van der Waals surface area contributed by atoms with Gasteiger partial charge in [-0.15, -0.1) is 12.4 Å².